The molecule has 1 N–H and O–H groups in total. The third-order valence-corrected chi connectivity index (χ3v) is 2.73. The lowest BCUT2D eigenvalue weighted by Crippen LogP contribution is -2.02. The van der Waals surface area contributed by atoms with Gasteiger partial charge in [0, 0.05) is 19.3 Å². The summed E-state index contributed by atoms with van der Waals surface area (Å²) in [5, 5.41) is 10.4. The first-order valence-corrected chi connectivity index (χ1v) is 5.59. The van der Waals surface area contributed by atoms with Crippen molar-refractivity contribution in [3.63, 3.8) is 0 Å². The molecule has 0 amide bonds. The second kappa shape index (κ2) is 4.79. The third kappa shape index (κ3) is 2.79. The van der Waals surface area contributed by atoms with Gasteiger partial charge in [0.15, 0.2) is 0 Å². The Kier molecular flexibility index (Phi) is 3.37. The van der Waals surface area contributed by atoms with Crippen LogP contribution >= 0.6 is 15.9 Å². The Bertz CT molecular complexity index is 541. The predicted molar refractivity (Wildman–Crippen MR) is 62.4 cm³/mol. The van der Waals surface area contributed by atoms with Crippen LogP contribution in [0.15, 0.2) is 22.8 Å². The van der Waals surface area contributed by atoms with Crippen LogP contribution in [-0.2, 0) is 13.6 Å². The fourth-order valence-electron chi connectivity index (χ4n) is 1.32. The molecule has 2 aromatic rings. The summed E-state index contributed by atoms with van der Waals surface area (Å²) in [6.45, 7) is 0.322. The molecular formula is C10H9BrF2N4. The summed E-state index contributed by atoms with van der Waals surface area (Å²) in [7, 11) is 1.74. The molecule has 0 aliphatic carbocycles. The average Bonchev–Trinajstić information content (AvgIpc) is 2.68. The van der Waals surface area contributed by atoms with Gasteiger partial charge in [-0.25, -0.2) is 8.78 Å². The highest BCUT2D eigenvalue weighted by molar-refractivity contribution is 9.10. The maximum Gasteiger partial charge on any atom is 0.149 e. The number of aromatic nitrogens is 3. The van der Waals surface area contributed by atoms with Gasteiger partial charge in [0.2, 0.25) is 0 Å². The fourth-order valence-corrected chi connectivity index (χ4v) is 1.66. The van der Waals surface area contributed by atoms with E-state index in [1.54, 1.807) is 17.9 Å². The molecule has 2 rings (SSSR count). The summed E-state index contributed by atoms with van der Waals surface area (Å²) in [4.78, 5) is 0. The molecule has 1 aromatic carbocycles. The zero-order valence-electron chi connectivity index (χ0n) is 8.91. The van der Waals surface area contributed by atoms with E-state index in [1.165, 1.54) is 6.07 Å². The summed E-state index contributed by atoms with van der Waals surface area (Å²) in [5.41, 5.74) is 0.885. The molecule has 0 bridgehead atoms. The van der Waals surface area contributed by atoms with E-state index in [9.17, 15) is 8.78 Å². The van der Waals surface area contributed by atoms with Gasteiger partial charge in [0.1, 0.15) is 17.3 Å². The molecular weight excluding hydrogens is 294 g/mol. The van der Waals surface area contributed by atoms with Gasteiger partial charge in [-0.2, -0.15) is 0 Å². The average molecular weight is 303 g/mol. The van der Waals surface area contributed by atoms with Crippen molar-refractivity contribution in [3.05, 3.63) is 40.1 Å². The van der Waals surface area contributed by atoms with Crippen LogP contribution in [-0.4, -0.2) is 15.0 Å². The number of nitrogens with one attached hydrogen (secondary N) is 1. The van der Waals surface area contributed by atoms with Gasteiger partial charge in [-0.05, 0) is 22.0 Å². The first kappa shape index (κ1) is 12.0. The molecule has 90 valence electrons. The first-order valence-electron chi connectivity index (χ1n) is 4.80. The van der Waals surface area contributed by atoms with Gasteiger partial charge in [-0.15, -0.1) is 5.10 Å². The Morgan fingerprint density at radius 3 is 2.76 bits per heavy atom. The van der Waals surface area contributed by atoms with E-state index in [1.807, 2.05) is 0 Å². The SMILES string of the molecule is Cn1cc(CNc2cc(Br)c(F)cc2F)nn1. The van der Waals surface area contributed by atoms with Crippen molar-refractivity contribution in [2.45, 2.75) is 6.54 Å². The monoisotopic (exact) mass is 302 g/mol. The molecule has 0 fully saturated rings. The van der Waals surface area contributed by atoms with Crippen LogP contribution in [0, 0.1) is 11.6 Å². The standard InChI is InChI=1S/C10H9BrF2N4/c1-17-5-6(15-16-17)4-14-10-2-7(11)8(12)3-9(10)13/h2-3,5,14H,4H2,1H3. The lowest BCUT2D eigenvalue weighted by atomic mass is 10.3. The predicted octanol–water partition coefficient (Wildman–Crippen LogP) is 2.47. The zero-order valence-corrected chi connectivity index (χ0v) is 10.5. The van der Waals surface area contributed by atoms with Gasteiger partial charge < -0.3 is 5.32 Å². The van der Waals surface area contributed by atoms with Gasteiger partial charge in [0.25, 0.3) is 0 Å². The Hall–Kier alpha value is -1.50. The number of nitrogens with zero attached hydrogens (tertiary/aromatic N) is 3. The lowest BCUT2D eigenvalue weighted by Gasteiger charge is -2.06. The van der Waals surface area contributed by atoms with Crippen LogP contribution < -0.4 is 5.32 Å². The molecule has 0 unspecified atom stereocenters. The smallest absolute Gasteiger partial charge is 0.149 e. The van der Waals surface area contributed by atoms with E-state index < -0.39 is 11.6 Å². The normalized spacial score (nSPS) is 10.6. The maximum atomic E-state index is 13.4. The summed E-state index contributed by atoms with van der Waals surface area (Å²) >= 11 is 3.00. The van der Waals surface area contributed by atoms with Crippen LogP contribution in [0.5, 0.6) is 0 Å². The number of benzene rings is 1. The number of rotatable bonds is 3. The van der Waals surface area contributed by atoms with E-state index in [0.29, 0.717) is 12.2 Å². The molecule has 0 aliphatic rings. The minimum absolute atomic E-state index is 0.209. The van der Waals surface area contributed by atoms with Crippen molar-refractivity contribution in [3.8, 4) is 0 Å². The molecule has 4 nitrogen and oxygen atoms in total. The number of hydrogen-bond donors (Lipinski definition) is 1. The second-order valence-corrected chi connectivity index (χ2v) is 4.34. The quantitative estimate of drug-likeness (QED) is 0.886. The second-order valence-electron chi connectivity index (χ2n) is 3.48. The van der Waals surface area contributed by atoms with Gasteiger partial charge >= 0.3 is 0 Å². The number of anilines is 1. The van der Waals surface area contributed by atoms with Crippen LogP contribution in [0.25, 0.3) is 0 Å². The van der Waals surface area contributed by atoms with E-state index in [4.69, 9.17) is 0 Å². The third-order valence-electron chi connectivity index (χ3n) is 2.12. The molecule has 7 heteroatoms. The van der Waals surface area contributed by atoms with Crippen LogP contribution in [0.4, 0.5) is 14.5 Å². The minimum atomic E-state index is -0.644. The molecule has 0 saturated carbocycles. The van der Waals surface area contributed by atoms with E-state index in [0.717, 1.165) is 6.07 Å². The van der Waals surface area contributed by atoms with E-state index >= 15 is 0 Å². The molecule has 0 atom stereocenters. The maximum absolute atomic E-state index is 13.4. The number of hydrogen-bond acceptors (Lipinski definition) is 3. The summed E-state index contributed by atoms with van der Waals surface area (Å²) in [5.74, 6) is -1.28. The Morgan fingerprint density at radius 1 is 1.35 bits per heavy atom. The van der Waals surface area contributed by atoms with Crippen molar-refractivity contribution in [2.75, 3.05) is 5.32 Å². The van der Waals surface area contributed by atoms with Crippen molar-refractivity contribution >= 4 is 21.6 Å². The Labute approximate surface area is 105 Å². The van der Waals surface area contributed by atoms with Gasteiger partial charge in [-0.1, -0.05) is 5.21 Å². The van der Waals surface area contributed by atoms with Crippen LogP contribution in [0.3, 0.4) is 0 Å². The summed E-state index contributed by atoms with van der Waals surface area (Å²) < 4.78 is 28.1. The van der Waals surface area contributed by atoms with Crippen LogP contribution in [0.2, 0.25) is 0 Å². The Balaban J connectivity index is 2.11. The molecule has 1 aromatic heterocycles. The van der Waals surface area contributed by atoms with Crippen molar-refractivity contribution in [1.82, 2.24) is 15.0 Å². The van der Waals surface area contributed by atoms with Crippen molar-refractivity contribution in [2.24, 2.45) is 7.05 Å². The highest BCUT2D eigenvalue weighted by atomic mass is 79.9. The van der Waals surface area contributed by atoms with E-state index in [2.05, 4.69) is 31.6 Å². The highest BCUT2D eigenvalue weighted by Gasteiger charge is 2.08. The van der Waals surface area contributed by atoms with Crippen LogP contribution in [0.1, 0.15) is 5.69 Å². The number of halogens is 3. The summed E-state index contributed by atoms with van der Waals surface area (Å²) in [6.07, 6.45) is 1.71. The fraction of sp³-hybridized carbons (Fsp3) is 0.200. The molecule has 1 heterocycles. The molecule has 0 spiro atoms. The van der Waals surface area contributed by atoms with E-state index in [-0.39, 0.29) is 10.2 Å². The first-order chi connectivity index (χ1) is 8.06. The molecule has 0 saturated heterocycles. The highest BCUT2D eigenvalue weighted by Crippen LogP contribution is 2.23. The van der Waals surface area contributed by atoms with Gasteiger partial charge in [0.05, 0.1) is 16.7 Å². The van der Waals surface area contributed by atoms with Crippen molar-refractivity contribution in [1.29, 1.82) is 0 Å². The zero-order chi connectivity index (χ0) is 12.4. The molecule has 0 radical (unpaired) electrons. The largest absolute Gasteiger partial charge is 0.377 e. The lowest BCUT2D eigenvalue weighted by molar-refractivity contribution is 0.580. The van der Waals surface area contributed by atoms with Crippen molar-refractivity contribution < 1.29 is 8.78 Å². The summed E-state index contributed by atoms with van der Waals surface area (Å²) in [6, 6.07) is 2.17. The minimum Gasteiger partial charge on any atom is -0.377 e. The van der Waals surface area contributed by atoms with Gasteiger partial charge in [-0.3, -0.25) is 4.68 Å². The Morgan fingerprint density at radius 2 is 2.12 bits per heavy atom. The topological polar surface area (TPSA) is 42.7 Å². The molecule has 0 aliphatic heterocycles. The molecule has 17 heavy (non-hydrogen) atoms. The number of aryl methyl sites for hydroxylation is 1.